The van der Waals surface area contributed by atoms with Gasteiger partial charge in [-0.3, -0.25) is 9.69 Å². The Morgan fingerprint density at radius 3 is 2.41 bits per heavy atom. The number of fused-ring (bicyclic) bond motifs is 1. The third kappa shape index (κ3) is 7.59. The molecule has 3 atom stereocenters. The SMILES string of the molecule is CO[C@@H]1CN(C)C(=O)c2cc(NC(=O)Nc3ccccc3F)ccc2OC[C@@H](C)N(Cc2ccccc2F)C[C@H]1C. The minimum atomic E-state index is -0.657. The Kier molecular flexibility index (Phi) is 9.91. The molecule has 1 heterocycles. The fraction of sp³-hybridized carbons (Fsp3) is 0.355. The number of carbonyl (C=O) groups excluding carboxylic acids is 2. The van der Waals surface area contributed by atoms with Gasteiger partial charge in [-0.25, -0.2) is 13.6 Å². The van der Waals surface area contributed by atoms with Gasteiger partial charge in [0.05, 0.1) is 17.4 Å². The monoisotopic (exact) mass is 566 g/mol. The van der Waals surface area contributed by atoms with E-state index >= 15 is 0 Å². The van der Waals surface area contributed by atoms with Crippen LogP contribution in [0.1, 0.15) is 29.8 Å². The van der Waals surface area contributed by atoms with Gasteiger partial charge in [0.2, 0.25) is 0 Å². The zero-order valence-corrected chi connectivity index (χ0v) is 23.7. The number of likely N-dealkylation sites (N-methyl/N-ethyl adjacent to an activating group) is 1. The summed E-state index contributed by atoms with van der Waals surface area (Å²) < 4.78 is 40.5. The van der Waals surface area contributed by atoms with E-state index in [-0.39, 0.29) is 47.6 Å². The van der Waals surface area contributed by atoms with Crippen LogP contribution < -0.4 is 15.4 Å². The smallest absolute Gasteiger partial charge is 0.323 e. The number of amides is 3. The van der Waals surface area contributed by atoms with Crippen LogP contribution in [0, 0.1) is 17.6 Å². The van der Waals surface area contributed by atoms with Crippen molar-refractivity contribution in [1.82, 2.24) is 9.80 Å². The van der Waals surface area contributed by atoms with Crippen LogP contribution in [0.2, 0.25) is 0 Å². The normalized spacial score (nSPS) is 20.3. The molecule has 0 saturated carbocycles. The van der Waals surface area contributed by atoms with Crippen molar-refractivity contribution >= 4 is 23.3 Å². The summed E-state index contributed by atoms with van der Waals surface area (Å²) in [5, 5.41) is 5.12. The molecule has 218 valence electrons. The summed E-state index contributed by atoms with van der Waals surface area (Å²) in [6, 6.07) is 16.5. The molecule has 41 heavy (non-hydrogen) atoms. The number of nitrogens with zero attached hydrogens (tertiary/aromatic N) is 2. The van der Waals surface area contributed by atoms with Crippen molar-refractivity contribution in [3.63, 3.8) is 0 Å². The van der Waals surface area contributed by atoms with Gasteiger partial charge in [0, 0.05) is 51.1 Å². The van der Waals surface area contributed by atoms with Crippen LogP contribution in [0.15, 0.2) is 66.7 Å². The van der Waals surface area contributed by atoms with Crippen molar-refractivity contribution in [1.29, 1.82) is 0 Å². The van der Waals surface area contributed by atoms with Crippen molar-refractivity contribution < 1.29 is 27.8 Å². The molecule has 0 radical (unpaired) electrons. The molecule has 10 heteroatoms. The molecule has 4 rings (SSSR count). The Morgan fingerprint density at radius 2 is 1.71 bits per heavy atom. The molecule has 2 N–H and O–H groups in total. The number of anilines is 2. The molecule has 0 bridgehead atoms. The van der Waals surface area contributed by atoms with Crippen LogP contribution in [-0.4, -0.2) is 67.7 Å². The molecule has 0 unspecified atom stereocenters. The van der Waals surface area contributed by atoms with Crippen molar-refractivity contribution in [2.45, 2.75) is 32.5 Å². The van der Waals surface area contributed by atoms with Crippen molar-refractivity contribution in [2.24, 2.45) is 5.92 Å². The van der Waals surface area contributed by atoms with Gasteiger partial charge in [-0.2, -0.15) is 0 Å². The zero-order valence-electron chi connectivity index (χ0n) is 23.7. The third-order valence-electron chi connectivity index (χ3n) is 7.28. The number of carbonyl (C=O) groups is 2. The summed E-state index contributed by atoms with van der Waals surface area (Å²) in [7, 11) is 3.30. The van der Waals surface area contributed by atoms with Gasteiger partial charge in [-0.15, -0.1) is 0 Å². The molecule has 0 aromatic heterocycles. The highest BCUT2D eigenvalue weighted by Crippen LogP contribution is 2.27. The molecule has 0 fully saturated rings. The Morgan fingerprint density at radius 1 is 1.00 bits per heavy atom. The molecule has 0 spiro atoms. The lowest BCUT2D eigenvalue weighted by molar-refractivity contribution is 0.00904. The lowest BCUT2D eigenvalue weighted by Crippen LogP contribution is -2.46. The molecule has 0 aliphatic carbocycles. The molecule has 1 aliphatic rings. The Balaban J connectivity index is 1.60. The topological polar surface area (TPSA) is 83.1 Å². The van der Waals surface area contributed by atoms with Crippen LogP contribution in [0.4, 0.5) is 25.0 Å². The number of benzene rings is 3. The first-order valence-electron chi connectivity index (χ1n) is 13.5. The Hall–Kier alpha value is -4.02. The maximum absolute atomic E-state index is 14.5. The maximum atomic E-state index is 14.5. The van der Waals surface area contributed by atoms with Crippen molar-refractivity contribution in [3.05, 3.63) is 89.5 Å². The molecular weight excluding hydrogens is 530 g/mol. The van der Waals surface area contributed by atoms with E-state index in [1.807, 2.05) is 19.9 Å². The number of ether oxygens (including phenoxy) is 2. The molecule has 1 aliphatic heterocycles. The number of para-hydroxylation sites is 1. The number of hydrogen-bond donors (Lipinski definition) is 2. The predicted molar refractivity (Wildman–Crippen MR) is 154 cm³/mol. The van der Waals surface area contributed by atoms with Crippen LogP contribution in [0.3, 0.4) is 0 Å². The van der Waals surface area contributed by atoms with Gasteiger partial charge in [0.25, 0.3) is 5.91 Å². The predicted octanol–water partition coefficient (Wildman–Crippen LogP) is 5.62. The highest BCUT2D eigenvalue weighted by Gasteiger charge is 2.29. The van der Waals surface area contributed by atoms with E-state index in [1.165, 1.54) is 30.3 Å². The molecule has 3 aromatic rings. The summed E-state index contributed by atoms with van der Waals surface area (Å²) in [5.41, 5.74) is 1.21. The quantitative estimate of drug-likeness (QED) is 0.419. The molecular formula is C31H36F2N4O4. The number of methoxy groups -OCH3 is 1. The molecule has 0 saturated heterocycles. The first-order valence-corrected chi connectivity index (χ1v) is 13.5. The second kappa shape index (κ2) is 13.6. The molecule has 3 amide bonds. The van der Waals surface area contributed by atoms with Gasteiger partial charge < -0.3 is 25.0 Å². The van der Waals surface area contributed by atoms with Crippen LogP contribution in [-0.2, 0) is 11.3 Å². The summed E-state index contributed by atoms with van der Waals surface area (Å²) in [4.78, 5) is 29.9. The van der Waals surface area contributed by atoms with Crippen LogP contribution in [0.5, 0.6) is 5.75 Å². The lowest BCUT2D eigenvalue weighted by atomic mass is 10.0. The van der Waals surface area contributed by atoms with Gasteiger partial charge in [0.15, 0.2) is 0 Å². The van der Waals surface area contributed by atoms with E-state index in [1.54, 1.807) is 49.4 Å². The van der Waals surface area contributed by atoms with E-state index in [4.69, 9.17) is 9.47 Å². The van der Waals surface area contributed by atoms with E-state index in [0.717, 1.165) is 0 Å². The van der Waals surface area contributed by atoms with E-state index < -0.39 is 11.8 Å². The second-order valence-electron chi connectivity index (χ2n) is 10.4. The van der Waals surface area contributed by atoms with Crippen LogP contribution in [0.25, 0.3) is 0 Å². The number of hydrogen-bond acceptors (Lipinski definition) is 5. The zero-order chi connectivity index (χ0) is 29.5. The maximum Gasteiger partial charge on any atom is 0.323 e. The molecule has 3 aromatic carbocycles. The fourth-order valence-electron chi connectivity index (χ4n) is 4.84. The second-order valence-corrected chi connectivity index (χ2v) is 10.4. The van der Waals surface area contributed by atoms with E-state index in [0.29, 0.717) is 36.6 Å². The Bertz CT molecular complexity index is 1370. The number of rotatable bonds is 5. The first kappa shape index (κ1) is 30.0. The Labute approximate surface area is 239 Å². The summed E-state index contributed by atoms with van der Waals surface area (Å²) in [6.45, 7) is 5.58. The van der Waals surface area contributed by atoms with Gasteiger partial charge in [-0.05, 0) is 49.2 Å². The minimum absolute atomic E-state index is 0.0125. The third-order valence-corrected chi connectivity index (χ3v) is 7.28. The fourth-order valence-corrected chi connectivity index (χ4v) is 4.84. The number of nitrogens with one attached hydrogen (secondary N) is 2. The number of halogens is 2. The van der Waals surface area contributed by atoms with Crippen LogP contribution >= 0.6 is 0 Å². The summed E-state index contributed by atoms with van der Waals surface area (Å²) >= 11 is 0. The lowest BCUT2D eigenvalue weighted by Gasteiger charge is -2.36. The largest absolute Gasteiger partial charge is 0.491 e. The van der Waals surface area contributed by atoms with E-state index in [9.17, 15) is 18.4 Å². The van der Waals surface area contributed by atoms with Gasteiger partial charge >= 0.3 is 6.03 Å². The highest BCUT2D eigenvalue weighted by molar-refractivity contribution is 6.02. The van der Waals surface area contributed by atoms with Crippen molar-refractivity contribution in [3.8, 4) is 5.75 Å². The summed E-state index contributed by atoms with van der Waals surface area (Å²) in [6.07, 6.45) is -0.282. The molecule has 8 nitrogen and oxygen atoms in total. The minimum Gasteiger partial charge on any atom is -0.491 e. The van der Waals surface area contributed by atoms with Gasteiger partial charge in [0.1, 0.15) is 24.0 Å². The number of urea groups is 1. The average Bonchev–Trinajstić information content (AvgIpc) is 2.95. The van der Waals surface area contributed by atoms with Gasteiger partial charge in [-0.1, -0.05) is 37.3 Å². The average molecular weight is 567 g/mol. The standard InChI is InChI=1S/C31H36F2N4O4/c1-20-16-37(17-22-9-5-6-10-25(22)32)21(2)19-41-28-14-13-23(15-24(28)30(38)36(3)18-29(20)40-4)34-31(39)35-27-12-8-7-11-26(27)33/h5-15,20-21,29H,16-19H2,1-4H3,(H2,34,35,39)/t20-,21-,29-/m1/s1. The van der Waals surface area contributed by atoms with E-state index in [2.05, 4.69) is 15.5 Å². The highest BCUT2D eigenvalue weighted by atomic mass is 19.1. The first-order chi connectivity index (χ1) is 19.7. The van der Waals surface area contributed by atoms with Crippen molar-refractivity contribution in [2.75, 3.05) is 44.5 Å². The summed E-state index contributed by atoms with van der Waals surface area (Å²) in [5.74, 6) is -0.771.